The standard InChI is InChI=1S/C25H37NO4/c1-18(20-7-12-29-22(13-20)3-4-24(27)28)21-14-23(16-26-15-21)30-17-19-5-10-25(11-6-19)8-2-9-25/h14-16,18-20,22H,2-13,17H2,1H3,(H,27,28)/t18?,20?,22-/m0/s1. The predicted molar refractivity (Wildman–Crippen MR) is 116 cm³/mol. The Balaban J connectivity index is 1.27. The Kier molecular flexibility index (Phi) is 6.97. The van der Waals surface area contributed by atoms with Crippen LogP contribution in [0.1, 0.15) is 89.0 Å². The molecule has 2 aliphatic carbocycles. The molecule has 1 aromatic heterocycles. The lowest BCUT2D eigenvalue weighted by atomic mass is 9.59. The number of ether oxygens (including phenoxy) is 2. The maximum absolute atomic E-state index is 10.9. The van der Waals surface area contributed by atoms with E-state index in [0.717, 1.165) is 25.2 Å². The number of pyridine rings is 1. The molecule has 1 saturated heterocycles. The number of carboxylic acids is 1. The molecule has 3 atom stereocenters. The molecule has 1 N–H and O–H groups in total. The minimum atomic E-state index is -0.747. The molecule has 1 spiro atoms. The Hall–Kier alpha value is -1.62. The summed E-state index contributed by atoms with van der Waals surface area (Å²) in [6.45, 7) is 3.78. The van der Waals surface area contributed by atoms with E-state index in [0.29, 0.717) is 36.2 Å². The molecule has 3 aliphatic rings. The first-order valence-corrected chi connectivity index (χ1v) is 11.9. The summed E-state index contributed by atoms with van der Waals surface area (Å²) >= 11 is 0. The first kappa shape index (κ1) is 21.6. The molecule has 0 bridgehead atoms. The summed E-state index contributed by atoms with van der Waals surface area (Å²) in [5, 5.41) is 8.94. The van der Waals surface area contributed by atoms with E-state index in [1.54, 1.807) is 0 Å². The number of nitrogens with zero attached hydrogens (tertiary/aromatic N) is 1. The predicted octanol–water partition coefficient (Wildman–Crippen LogP) is 5.58. The molecule has 5 nitrogen and oxygen atoms in total. The molecule has 4 rings (SSSR count). The highest BCUT2D eigenvalue weighted by Crippen LogP contribution is 2.52. The molecule has 2 heterocycles. The van der Waals surface area contributed by atoms with Crippen LogP contribution in [0.4, 0.5) is 0 Å². The van der Waals surface area contributed by atoms with Crippen LogP contribution in [0.25, 0.3) is 0 Å². The molecule has 0 radical (unpaired) electrons. The number of aliphatic carboxylic acids is 1. The lowest BCUT2D eigenvalue weighted by Gasteiger charge is -2.47. The van der Waals surface area contributed by atoms with Crippen molar-refractivity contribution >= 4 is 5.97 Å². The average Bonchev–Trinajstić information content (AvgIpc) is 2.75. The molecule has 166 valence electrons. The SMILES string of the molecule is CC(c1cncc(OCC2CCC3(CCC3)CC2)c1)C1CCO[C@@H](CCC(=O)O)C1. The smallest absolute Gasteiger partial charge is 0.303 e. The van der Waals surface area contributed by atoms with Crippen LogP contribution in [0, 0.1) is 17.3 Å². The number of carbonyl (C=O) groups is 1. The van der Waals surface area contributed by atoms with Gasteiger partial charge in [0, 0.05) is 19.2 Å². The summed E-state index contributed by atoms with van der Waals surface area (Å²) in [5.41, 5.74) is 1.92. The van der Waals surface area contributed by atoms with Gasteiger partial charge in [-0.05, 0) is 92.6 Å². The molecular weight excluding hydrogens is 378 g/mol. The van der Waals surface area contributed by atoms with E-state index in [2.05, 4.69) is 18.0 Å². The molecule has 0 amide bonds. The molecule has 1 aliphatic heterocycles. The van der Waals surface area contributed by atoms with Gasteiger partial charge in [-0.15, -0.1) is 0 Å². The molecule has 30 heavy (non-hydrogen) atoms. The van der Waals surface area contributed by atoms with Crippen LogP contribution in [0.2, 0.25) is 0 Å². The van der Waals surface area contributed by atoms with E-state index < -0.39 is 5.97 Å². The summed E-state index contributed by atoms with van der Waals surface area (Å²) in [7, 11) is 0. The molecule has 3 fully saturated rings. The van der Waals surface area contributed by atoms with Crippen molar-refractivity contribution in [2.24, 2.45) is 17.3 Å². The van der Waals surface area contributed by atoms with E-state index in [9.17, 15) is 4.79 Å². The van der Waals surface area contributed by atoms with E-state index in [4.69, 9.17) is 14.6 Å². The molecule has 2 saturated carbocycles. The van der Waals surface area contributed by atoms with Gasteiger partial charge >= 0.3 is 5.97 Å². The van der Waals surface area contributed by atoms with Crippen molar-refractivity contribution in [2.75, 3.05) is 13.2 Å². The topological polar surface area (TPSA) is 68.7 Å². The Morgan fingerprint density at radius 1 is 1.27 bits per heavy atom. The highest BCUT2D eigenvalue weighted by molar-refractivity contribution is 5.66. The fourth-order valence-corrected chi connectivity index (χ4v) is 5.73. The molecule has 0 aromatic carbocycles. The summed E-state index contributed by atoms with van der Waals surface area (Å²) in [6, 6.07) is 2.16. The molecule has 2 unspecified atom stereocenters. The third-order valence-corrected chi connectivity index (χ3v) is 8.12. The maximum atomic E-state index is 10.9. The van der Waals surface area contributed by atoms with E-state index >= 15 is 0 Å². The maximum Gasteiger partial charge on any atom is 0.303 e. The van der Waals surface area contributed by atoms with Gasteiger partial charge < -0.3 is 14.6 Å². The van der Waals surface area contributed by atoms with Crippen molar-refractivity contribution in [3.05, 3.63) is 24.0 Å². The Morgan fingerprint density at radius 3 is 2.77 bits per heavy atom. The highest BCUT2D eigenvalue weighted by atomic mass is 16.5. The van der Waals surface area contributed by atoms with Crippen molar-refractivity contribution in [3.63, 3.8) is 0 Å². The zero-order valence-electron chi connectivity index (χ0n) is 18.4. The molecule has 1 aromatic rings. The van der Waals surface area contributed by atoms with Gasteiger partial charge in [-0.2, -0.15) is 0 Å². The van der Waals surface area contributed by atoms with Crippen molar-refractivity contribution < 1.29 is 19.4 Å². The first-order chi connectivity index (χ1) is 14.5. The zero-order chi connectivity index (χ0) is 21.0. The third-order valence-electron chi connectivity index (χ3n) is 8.12. The van der Waals surface area contributed by atoms with Crippen LogP contribution in [0.15, 0.2) is 18.5 Å². The van der Waals surface area contributed by atoms with Gasteiger partial charge in [-0.25, -0.2) is 0 Å². The Bertz CT molecular complexity index is 707. The van der Waals surface area contributed by atoms with E-state index in [1.807, 2.05) is 12.4 Å². The normalized spacial score (nSPS) is 27.4. The fraction of sp³-hybridized carbons (Fsp3) is 0.760. The summed E-state index contributed by atoms with van der Waals surface area (Å²) in [4.78, 5) is 15.3. The fourth-order valence-electron chi connectivity index (χ4n) is 5.73. The average molecular weight is 416 g/mol. The van der Waals surface area contributed by atoms with Crippen LogP contribution in [-0.4, -0.2) is 35.4 Å². The van der Waals surface area contributed by atoms with Crippen molar-refractivity contribution in [3.8, 4) is 5.75 Å². The third kappa shape index (κ3) is 5.35. The Labute approximate surface area is 180 Å². The van der Waals surface area contributed by atoms with Crippen LogP contribution in [0.3, 0.4) is 0 Å². The van der Waals surface area contributed by atoms with Gasteiger partial charge in [0.15, 0.2) is 0 Å². The zero-order valence-corrected chi connectivity index (χ0v) is 18.4. The van der Waals surface area contributed by atoms with Gasteiger partial charge in [0.1, 0.15) is 5.75 Å². The van der Waals surface area contributed by atoms with E-state index in [-0.39, 0.29) is 12.5 Å². The monoisotopic (exact) mass is 415 g/mol. The van der Waals surface area contributed by atoms with Gasteiger partial charge in [-0.1, -0.05) is 13.3 Å². The number of hydrogen-bond donors (Lipinski definition) is 1. The molecule has 5 heteroatoms. The van der Waals surface area contributed by atoms with Gasteiger partial charge in [0.2, 0.25) is 0 Å². The summed E-state index contributed by atoms with van der Waals surface area (Å²) < 4.78 is 12.0. The lowest BCUT2D eigenvalue weighted by molar-refractivity contribution is -0.138. The number of hydrogen-bond acceptors (Lipinski definition) is 4. The minimum Gasteiger partial charge on any atom is -0.492 e. The lowest BCUT2D eigenvalue weighted by Crippen LogP contribution is -2.35. The van der Waals surface area contributed by atoms with Crippen LogP contribution < -0.4 is 4.74 Å². The van der Waals surface area contributed by atoms with Crippen LogP contribution in [-0.2, 0) is 9.53 Å². The highest BCUT2D eigenvalue weighted by Gasteiger charge is 2.40. The second-order valence-corrected chi connectivity index (χ2v) is 10.1. The van der Waals surface area contributed by atoms with Crippen molar-refractivity contribution in [1.29, 1.82) is 0 Å². The summed E-state index contributed by atoms with van der Waals surface area (Å²) in [6.07, 6.45) is 16.3. The van der Waals surface area contributed by atoms with Gasteiger partial charge in [-0.3, -0.25) is 9.78 Å². The summed E-state index contributed by atoms with van der Waals surface area (Å²) in [5.74, 6) is 1.68. The minimum absolute atomic E-state index is 0.0555. The Morgan fingerprint density at radius 2 is 2.07 bits per heavy atom. The van der Waals surface area contributed by atoms with Crippen molar-refractivity contribution in [1.82, 2.24) is 4.98 Å². The second-order valence-electron chi connectivity index (χ2n) is 10.1. The van der Waals surface area contributed by atoms with Crippen molar-refractivity contribution in [2.45, 2.75) is 89.6 Å². The van der Waals surface area contributed by atoms with Gasteiger partial charge in [0.25, 0.3) is 0 Å². The number of rotatable bonds is 8. The molecular formula is C25H37NO4. The van der Waals surface area contributed by atoms with Crippen LogP contribution in [0.5, 0.6) is 5.75 Å². The number of carboxylic acid groups (broad SMARTS) is 1. The number of aromatic nitrogens is 1. The quantitative estimate of drug-likeness (QED) is 0.600. The second kappa shape index (κ2) is 9.67. The van der Waals surface area contributed by atoms with Gasteiger partial charge in [0.05, 0.1) is 18.9 Å². The van der Waals surface area contributed by atoms with E-state index in [1.165, 1.54) is 50.5 Å². The largest absolute Gasteiger partial charge is 0.492 e. The first-order valence-electron chi connectivity index (χ1n) is 11.9. The van der Waals surface area contributed by atoms with Crippen LogP contribution >= 0.6 is 0 Å².